The number of ether oxygens (including phenoxy) is 3. The maximum Gasteiger partial charge on any atom is 0.306 e. The average Bonchev–Trinajstić information content (AvgIpc) is 3.44. The normalized spacial score (nSPS) is 12.8. The summed E-state index contributed by atoms with van der Waals surface area (Å²) in [7, 11) is 0. The van der Waals surface area contributed by atoms with Gasteiger partial charge in [0.15, 0.2) is 6.10 Å². The number of esters is 3. The van der Waals surface area contributed by atoms with Crippen LogP contribution >= 0.6 is 0 Å². The Balaban J connectivity index is 4.43. The molecular formula is C72H122O6. The van der Waals surface area contributed by atoms with Crippen LogP contribution in [0.2, 0.25) is 0 Å². The third-order valence-corrected chi connectivity index (χ3v) is 14.0. The molecule has 0 N–H and O–H groups in total. The minimum absolute atomic E-state index is 0.0905. The molecule has 0 aliphatic rings. The van der Waals surface area contributed by atoms with Gasteiger partial charge in [-0.1, -0.05) is 297 Å². The molecular weight excluding hydrogens is 961 g/mol. The Hall–Kier alpha value is -3.93. The highest BCUT2D eigenvalue weighted by Gasteiger charge is 2.19. The highest BCUT2D eigenvalue weighted by Crippen LogP contribution is 2.17. The van der Waals surface area contributed by atoms with Crippen LogP contribution in [0.4, 0.5) is 0 Å². The minimum atomic E-state index is -0.795. The van der Waals surface area contributed by atoms with E-state index in [2.05, 4.69) is 130 Å². The lowest BCUT2D eigenvalue weighted by Crippen LogP contribution is -2.30. The number of carbonyl (C=O) groups excluding carboxylic acids is 3. The molecule has 6 heteroatoms. The van der Waals surface area contributed by atoms with Gasteiger partial charge in [0, 0.05) is 19.3 Å². The van der Waals surface area contributed by atoms with Gasteiger partial charge in [-0.05, 0) is 103 Å². The van der Waals surface area contributed by atoms with Crippen molar-refractivity contribution in [3.05, 3.63) is 109 Å². The molecule has 0 rings (SSSR count). The topological polar surface area (TPSA) is 78.9 Å². The predicted molar refractivity (Wildman–Crippen MR) is 339 cm³/mol. The van der Waals surface area contributed by atoms with Gasteiger partial charge in [-0.25, -0.2) is 0 Å². The van der Waals surface area contributed by atoms with Crippen LogP contribution in [0.5, 0.6) is 0 Å². The highest BCUT2D eigenvalue weighted by molar-refractivity contribution is 5.71. The highest BCUT2D eigenvalue weighted by atomic mass is 16.6. The second-order valence-corrected chi connectivity index (χ2v) is 21.6. The Morgan fingerprint density at radius 3 is 0.782 bits per heavy atom. The number of carbonyl (C=O) groups is 3. The standard InChI is InChI=1S/C72H122O6/c1-4-7-10-13-16-19-22-25-28-31-33-35-36-37-39-41-44-47-50-53-56-59-62-65-71(74)77-68-69(67-76-70(73)64-61-58-55-52-49-46-43-40-30-27-24-21-18-15-12-9-6-3)78-72(75)66-63-60-57-54-51-48-45-42-38-34-32-29-26-23-20-17-14-11-8-5-2/h7,9-10,12,16,18-19,21,25,27-28,30,33,35,37,39,44,47,69H,4-6,8,11,13-15,17,20,22-24,26,29,31-32,34,36,38,40-43,45-46,48-68H2,1-3H3/b10-7-,12-9-,19-16-,21-18-,28-25-,30-27-,35-33-,39-37-,47-44-. The summed E-state index contributed by atoms with van der Waals surface area (Å²) in [4.78, 5) is 38.4. The molecule has 1 unspecified atom stereocenters. The van der Waals surface area contributed by atoms with E-state index >= 15 is 0 Å². The van der Waals surface area contributed by atoms with E-state index in [9.17, 15) is 14.4 Å². The maximum absolute atomic E-state index is 12.9. The van der Waals surface area contributed by atoms with Crippen LogP contribution in [0.1, 0.15) is 310 Å². The number of hydrogen-bond donors (Lipinski definition) is 0. The van der Waals surface area contributed by atoms with E-state index in [1.807, 2.05) is 0 Å². The predicted octanol–water partition coefficient (Wildman–Crippen LogP) is 22.6. The van der Waals surface area contributed by atoms with Gasteiger partial charge in [0.1, 0.15) is 13.2 Å². The molecule has 0 spiro atoms. The van der Waals surface area contributed by atoms with Crippen LogP contribution in [0.15, 0.2) is 109 Å². The van der Waals surface area contributed by atoms with Gasteiger partial charge in [0.25, 0.3) is 0 Å². The van der Waals surface area contributed by atoms with E-state index in [-0.39, 0.29) is 31.1 Å². The van der Waals surface area contributed by atoms with E-state index in [0.29, 0.717) is 19.3 Å². The first kappa shape index (κ1) is 74.1. The van der Waals surface area contributed by atoms with Gasteiger partial charge in [0.05, 0.1) is 0 Å². The third-order valence-electron chi connectivity index (χ3n) is 14.0. The molecule has 1 atom stereocenters. The van der Waals surface area contributed by atoms with Crippen molar-refractivity contribution < 1.29 is 28.6 Å². The molecule has 0 aliphatic heterocycles. The van der Waals surface area contributed by atoms with Crippen LogP contribution in [-0.4, -0.2) is 37.2 Å². The summed E-state index contributed by atoms with van der Waals surface area (Å²) in [6, 6.07) is 0. The molecule has 446 valence electrons. The molecule has 0 heterocycles. The Bertz CT molecular complexity index is 1570. The van der Waals surface area contributed by atoms with Gasteiger partial charge >= 0.3 is 17.9 Å². The quantitative estimate of drug-likeness (QED) is 0.0261. The zero-order valence-electron chi connectivity index (χ0n) is 51.2. The molecule has 0 saturated heterocycles. The SMILES string of the molecule is CC/C=C\C/C=C\C/C=C\C/C=C\C/C=C\C/C=C\CCCCCCC(=O)OCC(COC(=O)CCCCCCCCC/C=C\C/C=C\C/C=C\CC)OC(=O)CCCCCCCCCCCCCCCCCCCCCC. The third kappa shape index (κ3) is 62.9. The molecule has 6 nitrogen and oxygen atoms in total. The van der Waals surface area contributed by atoms with Gasteiger partial charge in [-0.2, -0.15) is 0 Å². The van der Waals surface area contributed by atoms with Gasteiger partial charge in [0.2, 0.25) is 0 Å². The molecule has 0 saturated carbocycles. The first-order chi connectivity index (χ1) is 38.5. The number of allylic oxidation sites excluding steroid dienone is 18. The van der Waals surface area contributed by atoms with Crippen molar-refractivity contribution in [2.24, 2.45) is 0 Å². The number of hydrogen-bond acceptors (Lipinski definition) is 6. The van der Waals surface area contributed by atoms with Crippen LogP contribution in [0.3, 0.4) is 0 Å². The zero-order valence-corrected chi connectivity index (χ0v) is 51.2. The van der Waals surface area contributed by atoms with E-state index in [0.717, 1.165) is 135 Å². The van der Waals surface area contributed by atoms with Crippen LogP contribution in [0, 0.1) is 0 Å². The van der Waals surface area contributed by atoms with E-state index < -0.39 is 6.10 Å². The Kier molecular flexibility index (Phi) is 62.3. The molecule has 0 amide bonds. The fraction of sp³-hybridized carbons (Fsp3) is 0.708. The molecule has 0 fully saturated rings. The summed E-state index contributed by atoms with van der Waals surface area (Å²) in [5.74, 6) is -0.913. The van der Waals surface area contributed by atoms with E-state index in [1.165, 1.54) is 135 Å². The van der Waals surface area contributed by atoms with Crippen LogP contribution in [0.25, 0.3) is 0 Å². The van der Waals surface area contributed by atoms with Crippen molar-refractivity contribution >= 4 is 17.9 Å². The van der Waals surface area contributed by atoms with Gasteiger partial charge in [-0.3, -0.25) is 14.4 Å². The van der Waals surface area contributed by atoms with Gasteiger partial charge in [-0.15, -0.1) is 0 Å². The molecule has 0 radical (unpaired) electrons. The van der Waals surface area contributed by atoms with Crippen molar-refractivity contribution in [2.75, 3.05) is 13.2 Å². The van der Waals surface area contributed by atoms with Crippen molar-refractivity contribution in [1.29, 1.82) is 0 Å². The molecule has 0 bridgehead atoms. The lowest BCUT2D eigenvalue weighted by molar-refractivity contribution is -0.167. The maximum atomic E-state index is 12.9. The fourth-order valence-electron chi connectivity index (χ4n) is 9.17. The second kappa shape index (κ2) is 65.6. The van der Waals surface area contributed by atoms with E-state index in [4.69, 9.17) is 14.2 Å². The second-order valence-electron chi connectivity index (χ2n) is 21.6. The van der Waals surface area contributed by atoms with Gasteiger partial charge < -0.3 is 14.2 Å². The van der Waals surface area contributed by atoms with E-state index in [1.54, 1.807) is 0 Å². The molecule has 0 aliphatic carbocycles. The first-order valence-corrected chi connectivity index (χ1v) is 32.9. The first-order valence-electron chi connectivity index (χ1n) is 32.9. The van der Waals surface area contributed by atoms with Crippen LogP contribution in [-0.2, 0) is 28.6 Å². The zero-order chi connectivity index (χ0) is 56.4. The van der Waals surface area contributed by atoms with Crippen LogP contribution < -0.4 is 0 Å². The summed E-state index contributed by atoms with van der Waals surface area (Å²) in [5.41, 5.74) is 0. The summed E-state index contributed by atoms with van der Waals surface area (Å²) >= 11 is 0. The van der Waals surface area contributed by atoms with Crippen molar-refractivity contribution in [2.45, 2.75) is 316 Å². The summed E-state index contributed by atoms with van der Waals surface area (Å²) in [6.07, 6.45) is 89.5. The number of rotatable bonds is 59. The molecule has 0 aromatic carbocycles. The van der Waals surface area contributed by atoms with Crippen molar-refractivity contribution in [3.8, 4) is 0 Å². The lowest BCUT2D eigenvalue weighted by Gasteiger charge is -2.18. The smallest absolute Gasteiger partial charge is 0.306 e. The summed E-state index contributed by atoms with van der Waals surface area (Å²) in [6.45, 7) is 6.42. The Morgan fingerprint density at radius 2 is 0.500 bits per heavy atom. The summed E-state index contributed by atoms with van der Waals surface area (Å²) < 4.78 is 16.9. The molecule has 0 aromatic rings. The van der Waals surface area contributed by atoms with Crippen molar-refractivity contribution in [3.63, 3.8) is 0 Å². The lowest BCUT2D eigenvalue weighted by atomic mass is 10.0. The Morgan fingerprint density at radius 1 is 0.269 bits per heavy atom. The van der Waals surface area contributed by atoms with Crippen molar-refractivity contribution in [1.82, 2.24) is 0 Å². The fourth-order valence-corrected chi connectivity index (χ4v) is 9.17. The average molecular weight is 1080 g/mol. The minimum Gasteiger partial charge on any atom is -0.462 e. The summed E-state index contributed by atoms with van der Waals surface area (Å²) in [5, 5.41) is 0. The molecule has 78 heavy (non-hydrogen) atoms. The monoisotopic (exact) mass is 1080 g/mol. The molecule has 0 aromatic heterocycles. The Labute approximate surface area is 482 Å². The largest absolute Gasteiger partial charge is 0.462 e. The number of unbranched alkanes of at least 4 members (excludes halogenated alkanes) is 30.